The fourth-order valence-corrected chi connectivity index (χ4v) is 8.03. The van der Waals surface area contributed by atoms with E-state index in [1.807, 2.05) is 0 Å². The maximum atomic E-state index is 13.2. The van der Waals surface area contributed by atoms with Gasteiger partial charge in [0.05, 0.1) is 6.54 Å². The first-order chi connectivity index (χ1) is 19.1. The molecule has 3 amide bonds. The first-order valence-corrected chi connectivity index (χ1v) is 15.9. The van der Waals surface area contributed by atoms with Crippen LogP contribution >= 0.6 is 34.5 Å². The molecule has 2 aliphatic heterocycles. The highest BCUT2D eigenvalue weighted by Gasteiger charge is 2.36. The van der Waals surface area contributed by atoms with Gasteiger partial charge in [0.15, 0.2) is 0 Å². The van der Waals surface area contributed by atoms with E-state index in [2.05, 4.69) is 15.0 Å². The summed E-state index contributed by atoms with van der Waals surface area (Å²) >= 11 is 13.0. The summed E-state index contributed by atoms with van der Waals surface area (Å²) in [6.45, 7) is 1.00. The molecule has 212 valence electrons. The van der Waals surface area contributed by atoms with Crippen LogP contribution in [0, 0.1) is 0 Å². The number of rotatable bonds is 8. The number of pyridine rings is 1. The minimum Gasteiger partial charge on any atom is -0.350 e. The molecule has 0 saturated carbocycles. The largest absolute Gasteiger partial charge is 0.350 e. The van der Waals surface area contributed by atoms with Gasteiger partial charge in [-0.25, -0.2) is 13.4 Å². The molecule has 0 spiro atoms. The second-order valence-corrected chi connectivity index (χ2v) is 13.6. The van der Waals surface area contributed by atoms with Crippen LogP contribution in [0.4, 0.5) is 0 Å². The number of carbonyl (C=O) groups excluding carboxylic acids is 3. The number of nitrogens with one attached hydrogen (secondary N) is 2. The Morgan fingerprint density at radius 2 is 1.88 bits per heavy atom. The van der Waals surface area contributed by atoms with Crippen LogP contribution in [0.2, 0.25) is 10.2 Å². The average Bonchev–Trinajstić information content (AvgIpc) is 3.57. The summed E-state index contributed by atoms with van der Waals surface area (Å²) < 4.78 is 29.6. The molecule has 40 heavy (non-hydrogen) atoms. The first-order valence-electron chi connectivity index (χ1n) is 12.8. The third-order valence-electron chi connectivity index (χ3n) is 7.06. The number of carbonyl (C=O) groups is 3. The van der Waals surface area contributed by atoms with Gasteiger partial charge in [-0.05, 0) is 67.5 Å². The lowest BCUT2D eigenvalue weighted by molar-refractivity contribution is -0.143. The molecular weight excluding hydrogens is 597 g/mol. The van der Waals surface area contributed by atoms with E-state index in [0.717, 1.165) is 28.9 Å². The summed E-state index contributed by atoms with van der Waals surface area (Å²) in [7, 11) is -3.95. The van der Waals surface area contributed by atoms with Crippen molar-refractivity contribution < 1.29 is 22.8 Å². The van der Waals surface area contributed by atoms with Crippen molar-refractivity contribution in [3.05, 3.63) is 58.3 Å². The van der Waals surface area contributed by atoms with Crippen LogP contribution in [0.15, 0.2) is 46.8 Å². The number of thiophene rings is 1. The molecule has 2 N–H and O–H groups in total. The van der Waals surface area contributed by atoms with Crippen molar-refractivity contribution in [2.45, 2.75) is 42.0 Å². The van der Waals surface area contributed by atoms with Gasteiger partial charge in [-0.3, -0.25) is 14.4 Å². The van der Waals surface area contributed by atoms with Crippen LogP contribution in [0.1, 0.15) is 36.0 Å². The molecule has 5 rings (SSSR count). The number of piperidine rings is 1. The summed E-state index contributed by atoms with van der Waals surface area (Å²) in [5.74, 6) is -0.973. The number of benzene rings is 1. The Kier molecular flexibility index (Phi) is 8.62. The van der Waals surface area contributed by atoms with E-state index in [1.54, 1.807) is 35.2 Å². The van der Waals surface area contributed by atoms with Crippen molar-refractivity contribution in [2.24, 2.45) is 0 Å². The Morgan fingerprint density at radius 3 is 2.67 bits per heavy atom. The molecule has 2 aromatic heterocycles. The number of hydrogen-bond donors (Lipinski definition) is 2. The highest BCUT2D eigenvalue weighted by Crippen LogP contribution is 2.31. The third kappa shape index (κ3) is 6.41. The fourth-order valence-electron chi connectivity index (χ4n) is 5.06. The van der Waals surface area contributed by atoms with Crippen molar-refractivity contribution in [3.8, 4) is 0 Å². The number of halogens is 2. The molecule has 0 radical (unpaired) electrons. The summed E-state index contributed by atoms with van der Waals surface area (Å²) in [6.07, 6.45) is 3.85. The maximum Gasteiger partial charge on any atom is 0.251 e. The molecule has 2 fully saturated rings. The zero-order valence-corrected chi connectivity index (χ0v) is 24.5. The summed E-state index contributed by atoms with van der Waals surface area (Å²) in [6, 6.07) is 8.55. The number of fused-ring (bicyclic) bond motifs is 1. The average molecular weight is 625 g/mol. The van der Waals surface area contributed by atoms with Crippen molar-refractivity contribution in [2.75, 3.05) is 26.2 Å². The monoisotopic (exact) mass is 623 g/mol. The number of likely N-dealkylation sites (tertiary alicyclic amines) is 2. The maximum absolute atomic E-state index is 13.2. The van der Waals surface area contributed by atoms with Gasteiger partial charge in [0.2, 0.25) is 11.8 Å². The van der Waals surface area contributed by atoms with E-state index in [4.69, 9.17) is 23.2 Å². The molecule has 2 unspecified atom stereocenters. The lowest BCUT2D eigenvalue weighted by Crippen LogP contribution is -2.55. The van der Waals surface area contributed by atoms with E-state index in [0.29, 0.717) is 41.9 Å². The third-order valence-corrected chi connectivity index (χ3v) is 10.6. The highest BCUT2D eigenvalue weighted by molar-refractivity contribution is 7.91. The van der Waals surface area contributed by atoms with Crippen LogP contribution in [-0.2, 0) is 19.6 Å². The lowest BCUT2D eigenvalue weighted by atomic mass is 10.1. The smallest absolute Gasteiger partial charge is 0.251 e. The normalized spacial score (nSPS) is 19.8. The van der Waals surface area contributed by atoms with E-state index in [-0.39, 0.29) is 40.3 Å². The molecule has 3 aromatic rings. The number of amides is 3. The van der Waals surface area contributed by atoms with Gasteiger partial charge in [0.1, 0.15) is 15.4 Å². The Labute approximate surface area is 245 Å². The van der Waals surface area contributed by atoms with Gasteiger partial charge in [-0.2, -0.15) is 4.72 Å². The minimum atomic E-state index is -3.95. The quantitative estimate of drug-likeness (QED) is 0.371. The second kappa shape index (κ2) is 12.0. The molecule has 14 heteroatoms. The Morgan fingerprint density at radius 1 is 1.07 bits per heavy atom. The van der Waals surface area contributed by atoms with Crippen LogP contribution in [0.5, 0.6) is 0 Å². The van der Waals surface area contributed by atoms with Gasteiger partial charge < -0.3 is 15.1 Å². The molecule has 2 aliphatic rings. The van der Waals surface area contributed by atoms with Crippen LogP contribution in [0.25, 0.3) is 10.1 Å². The predicted molar refractivity (Wildman–Crippen MR) is 153 cm³/mol. The molecule has 0 bridgehead atoms. The van der Waals surface area contributed by atoms with Crippen molar-refractivity contribution in [3.63, 3.8) is 0 Å². The minimum absolute atomic E-state index is 0.0989. The van der Waals surface area contributed by atoms with Crippen molar-refractivity contribution >= 4 is 72.4 Å². The number of aromatic nitrogens is 1. The van der Waals surface area contributed by atoms with E-state index in [9.17, 15) is 22.8 Å². The van der Waals surface area contributed by atoms with Gasteiger partial charge in [-0.1, -0.05) is 23.2 Å². The first kappa shape index (κ1) is 28.7. The van der Waals surface area contributed by atoms with Gasteiger partial charge in [0, 0.05) is 47.2 Å². The molecule has 1 aromatic carbocycles. The molecule has 0 aliphatic carbocycles. The van der Waals surface area contributed by atoms with E-state index in [1.165, 1.54) is 17.2 Å². The Balaban J connectivity index is 1.19. The topological polar surface area (TPSA) is 129 Å². The molecular formula is C26H27Cl2N5O5S2. The van der Waals surface area contributed by atoms with Gasteiger partial charge >= 0.3 is 0 Å². The Bertz CT molecular complexity index is 1560. The van der Waals surface area contributed by atoms with E-state index >= 15 is 0 Å². The SMILES string of the molecule is O=C(NCC1CCCN1C(=O)CN1CCCC(NS(=O)(=O)c2cc3cc(Cl)ccc3s2)C1=O)c1ccnc(Cl)c1. The number of nitrogens with zero attached hydrogens (tertiary/aromatic N) is 3. The predicted octanol–water partition coefficient (Wildman–Crippen LogP) is 3.29. The molecule has 2 saturated heterocycles. The van der Waals surface area contributed by atoms with E-state index < -0.39 is 22.0 Å². The molecule has 10 nitrogen and oxygen atoms in total. The van der Waals surface area contributed by atoms with Crippen molar-refractivity contribution in [1.82, 2.24) is 24.8 Å². The Hall–Kier alpha value is -2.77. The van der Waals surface area contributed by atoms with Gasteiger partial charge in [0.25, 0.3) is 15.9 Å². The van der Waals surface area contributed by atoms with Crippen molar-refractivity contribution in [1.29, 1.82) is 0 Å². The van der Waals surface area contributed by atoms with Crippen LogP contribution in [0.3, 0.4) is 0 Å². The molecule has 4 heterocycles. The van der Waals surface area contributed by atoms with Crippen LogP contribution in [-0.4, -0.2) is 79.2 Å². The highest BCUT2D eigenvalue weighted by atomic mass is 35.5. The van der Waals surface area contributed by atoms with Crippen LogP contribution < -0.4 is 10.0 Å². The second-order valence-electron chi connectivity index (χ2n) is 9.78. The lowest BCUT2D eigenvalue weighted by Gasteiger charge is -2.34. The number of hydrogen-bond acceptors (Lipinski definition) is 7. The number of sulfonamides is 1. The summed E-state index contributed by atoms with van der Waals surface area (Å²) in [4.78, 5) is 45.9. The standard InChI is InChI=1S/C26H27Cl2N5O5S2/c27-18-5-6-21-17(11-18)13-24(39-21)40(37,38)31-20-4-2-9-32(26(20)36)15-23(34)33-10-1-3-19(33)14-30-25(35)16-7-8-29-22(28)12-16/h5-8,11-13,19-20,31H,1-4,9-10,14-15H2,(H,30,35). The molecule has 2 atom stereocenters. The fraction of sp³-hybridized carbons (Fsp3) is 0.385. The van der Waals surface area contributed by atoms with Gasteiger partial charge in [-0.15, -0.1) is 11.3 Å². The zero-order valence-electron chi connectivity index (χ0n) is 21.3. The summed E-state index contributed by atoms with van der Waals surface area (Å²) in [5.41, 5.74) is 0.378. The summed E-state index contributed by atoms with van der Waals surface area (Å²) in [5, 5.41) is 4.27. The zero-order chi connectivity index (χ0) is 28.4.